The lowest BCUT2D eigenvalue weighted by molar-refractivity contribution is 0.140. The number of aliphatic hydroxyl groups excluding tert-OH is 1. The average molecular weight is 218 g/mol. The minimum atomic E-state index is -1.05. The van der Waals surface area contributed by atoms with Gasteiger partial charge in [-0.3, -0.25) is 0 Å². The second-order valence-electron chi connectivity index (χ2n) is 3.15. The van der Waals surface area contributed by atoms with Gasteiger partial charge in [0.1, 0.15) is 5.82 Å². The molecule has 1 aromatic rings. The third-order valence-electron chi connectivity index (χ3n) is 2.17. The second kappa shape index (κ2) is 4.73. The number of hydrogen-bond donors (Lipinski definition) is 2. The summed E-state index contributed by atoms with van der Waals surface area (Å²) in [6.45, 7) is 1.82. The van der Waals surface area contributed by atoms with Crippen molar-refractivity contribution in [2.24, 2.45) is 5.73 Å². The van der Waals surface area contributed by atoms with Crippen molar-refractivity contribution in [1.82, 2.24) is 0 Å². The Morgan fingerprint density at radius 2 is 2.21 bits per heavy atom. The Kier molecular flexibility index (Phi) is 3.86. The molecule has 0 amide bonds. The first-order valence-corrected chi connectivity index (χ1v) is 4.83. The van der Waals surface area contributed by atoms with E-state index in [1.54, 1.807) is 0 Å². The van der Waals surface area contributed by atoms with E-state index < -0.39 is 18.0 Å². The van der Waals surface area contributed by atoms with Crippen LogP contribution in [0.3, 0.4) is 0 Å². The minimum absolute atomic E-state index is 0.0866. The Hall–Kier alpha value is -0.640. The van der Waals surface area contributed by atoms with Crippen LogP contribution in [0.25, 0.3) is 0 Å². The summed E-state index contributed by atoms with van der Waals surface area (Å²) in [5.74, 6) is -0.520. The highest BCUT2D eigenvalue weighted by molar-refractivity contribution is 6.31. The quantitative estimate of drug-likeness (QED) is 0.816. The summed E-state index contributed by atoms with van der Waals surface area (Å²) in [5, 5.41) is 9.91. The molecule has 0 radical (unpaired) electrons. The van der Waals surface area contributed by atoms with Crippen LogP contribution in [0, 0.1) is 5.82 Å². The summed E-state index contributed by atoms with van der Waals surface area (Å²) < 4.78 is 13.3. The number of hydrogen-bond acceptors (Lipinski definition) is 2. The molecule has 0 aliphatic heterocycles. The van der Waals surface area contributed by atoms with Crippen molar-refractivity contribution in [3.8, 4) is 0 Å². The Bertz CT molecular complexity index is 299. The summed E-state index contributed by atoms with van der Waals surface area (Å²) >= 11 is 5.77. The predicted molar refractivity (Wildman–Crippen MR) is 54.6 cm³/mol. The number of benzene rings is 1. The van der Waals surface area contributed by atoms with E-state index in [4.69, 9.17) is 17.3 Å². The molecule has 0 aromatic heterocycles. The third-order valence-corrected chi connectivity index (χ3v) is 2.50. The molecule has 0 fully saturated rings. The third kappa shape index (κ3) is 2.23. The Labute approximate surface area is 87.5 Å². The second-order valence-corrected chi connectivity index (χ2v) is 3.56. The maximum Gasteiger partial charge on any atom is 0.130 e. The fourth-order valence-electron chi connectivity index (χ4n) is 1.23. The molecule has 0 aliphatic carbocycles. The highest BCUT2D eigenvalue weighted by Crippen LogP contribution is 2.27. The van der Waals surface area contributed by atoms with Crippen LogP contribution in [0.1, 0.15) is 25.0 Å². The van der Waals surface area contributed by atoms with Crippen LogP contribution in [0.15, 0.2) is 18.2 Å². The number of nitrogens with two attached hydrogens (primary N) is 1. The maximum atomic E-state index is 13.3. The molecular formula is C10H13ClFNO. The van der Waals surface area contributed by atoms with Crippen molar-refractivity contribution < 1.29 is 9.50 Å². The van der Waals surface area contributed by atoms with E-state index in [0.29, 0.717) is 6.42 Å². The molecule has 0 aliphatic rings. The van der Waals surface area contributed by atoms with Crippen LogP contribution >= 0.6 is 11.6 Å². The van der Waals surface area contributed by atoms with E-state index in [0.717, 1.165) is 0 Å². The van der Waals surface area contributed by atoms with Crippen molar-refractivity contribution in [1.29, 1.82) is 0 Å². The standard InChI is InChI=1S/C10H13ClFNO/c1-2-8(13)10(14)9-6(11)4-3-5-7(9)12/h3-5,8,10,14H,2,13H2,1H3/t8-,10-/m1/s1. The van der Waals surface area contributed by atoms with Crippen LogP contribution in [-0.4, -0.2) is 11.1 Å². The van der Waals surface area contributed by atoms with Gasteiger partial charge in [0.05, 0.1) is 6.10 Å². The molecule has 1 rings (SSSR count). The maximum absolute atomic E-state index is 13.3. The summed E-state index contributed by atoms with van der Waals surface area (Å²) in [6, 6.07) is 3.79. The number of rotatable bonds is 3. The molecule has 14 heavy (non-hydrogen) atoms. The summed E-state index contributed by atoms with van der Waals surface area (Å²) in [6.07, 6.45) is -0.486. The molecule has 1 aromatic carbocycles. The van der Waals surface area contributed by atoms with Crippen LogP contribution in [0.5, 0.6) is 0 Å². The molecule has 0 saturated heterocycles. The molecule has 2 nitrogen and oxygen atoms in total. The van der Waals surface area contributed by atoms with E-state index >= 15 is 0 Å². The zero-order valence-electron chi connectivity index (χ0n) is 7.87. The average Bonchev–Trinajstić information content (AvgIpc) is 2.16. The van der Waals surface area contributed by atoms with Gasteiger partial charge in [-0.25, -0.2) is 4.39 Å². The zero-order chi connectivity index (χ0) is 10.7. The van der Waals surface area contributed by atoms with Gasteiger partial charge in [0.2, 0.25) is 0 Å². The molecular weight excluding hydrogens is 205 g/mol. The normalized spacial score (nSPS) is 15.2. The molecule has 3 N–H and O–H groups in total. The summed E-state index contributed by atoms with van der Waals surface area (Å²) in [4.78, 5) is 0. The molecule has 0 spiro atoms. The lowest BCUT2D eigenvalue weighted by Crippen LogP contribution is -2.28. The molecule has 0 saturated carbocycles. The highest BCUT2D eigenvalue weighted by atomic mass is 35.5. The van der Waals surface area contributed by atoms with Gasteiger partial charge in [0, 0.05) is 16.6 Å². The van der Waals surface area contributed by atoms with Crippen molar-refractivity contribution in [3.63, 3.8) is 0 Å². The lowest BCUT2D eigenvalue weighted by Gasteiger charge is -2.19. The first-order chi connectivity index (χ1) is 6.57. The van der Waals surface area contributed by atoms with Gasteiger partial charge in [-0.05, 0) is 18.6 Å². The monoisotopic (exact) mass is 217 g/mol. The minimum Gasteiger partial charge on any atom is -0.387 e. The highest BCUT2D eigenvalue weighted by Gasteiger charge is 2.21. The molecule has 2 atom stereocenters. The van der Waals surface area contributed by atoms with Gasteiger partial charge < -0.3 is 10.8 Å². The van der Waals surface area contributed by atoms with E-state index in [9.17, 15) is 9.50 Å². The number of halogens is 2. The first kappa shape index (κ1) is 11.4. The number of aliphatic hydroxyl groups is 1. The van der Waals surface area contributed by atoms with E-state index in [1.165, 1.54) is 18.2 Å². The van der Waals surface area contributed by atoms with Crippen molar-refractivity contribution in [2.45, 2.75) is 25.5 Å². The molecule has 0 heterocycles. The Balaban J connectivity index is 3.05. The SMILES string of the molecule is CC[C@@H](N)[C@@H](O)c1c(F)cccc1Cl. The van der Waals surface area contributed by atoms with Crippen LogP contribution in [-0.2, 0) is 0 Å². The summed E-state index contributed by atoms with van der Waals surface area (Å²) in [7, 11) is 0. The van der Waals surface area contributed by atoms with Crippen LogP contribution in [0.4, 0.5) is 4.39 Å². The smallest absolute Gasteiger partial charge is 0.130 e. The molecule has 78 valence electrons. The fourth-order valence-corrected chi connectivity index (χ4v) is 1.51. The lowest BCUT2D eigenvalue weighted by atomic mass is 10.0. The van der Waals surface area contributed by atoms with Gasteiger partial charge >= 0.3 is 0 Å². The first-order valence-electron chi connectivity index (χ1n) is 4.45. The van der Waals surface area contributed by atoms with E-state index in [2.05, 4.69) is 0 Å². The van der Waals surface area contributed by atoms with Gasteiger partial charge in [0.25, 0.3) is 0 Å². The van der Waals surface area contributed by atoms with Gasteiger partial charge in [-0.2, -0.15) is 0 Å². The van der Waals surface area contributed by atoms with Crippen LogP contribution < -0.4 is 5.73 Å². The molecule has 0 unspecified atom stereocenters. The van der Waals surface area contributed by atoms with Crippen molar-refractivity contribution in [3.05, 3.63) is 34.6 Å². The predicted octanol–water partition coefficient (Wildman–Crippen LogP) is 2.25. The topological polar surface area (TPSA) is 46.2 Å². The fraction of sp³-hybridized carbons (Fsp3) is 0.400. The largest absolute Gasteiger partial charge is 0.387 e. The van der Waals surface area contributed by atoms with Crippen molar-refractivity contribution in [2.75, 3.05) is 0 Å². The van der Waals surface area contributed by atoms with Gasteiger partial charge in [0.15, 0.2) is 0 Å². The molecule has 0 bridgehead atoms. The van der Waals surface area contributed by atoms with Gasteiger partial charge in [-0.1, -0.05) is 24.6 Å². The van der Waals surface area contributed by atoms with E-state index in [1.807, 2.05) is 6.92 Å². The van der Waals surface area contributed by atoms with Crippen LogP contribution in [0.2, 0.25) is 5.02 Å². The van der Waals surface area contributed by atoms with Crippen molar-refractivity contribution >= 4 is 11.6 Å². The Morgan fingerprint density at radius 3 is 2.71 bits per heavy atom. The zero-order valence-corrected chi connectivity index (χ0v) is 8.63. The van der Waals surface area contributed by atoms with E-state index in [-0.39, 0.29) is 10.6 Å². The van der Waals surface area contributed by atoms with Gasteiger partial charge in [-0.15, -0.1) is 0 Å². The summed E-state index contributed by atoms with van der Waals surface area (Å²) in [5.41, 5.74) is 5.70. The Morgan fingerprint density at radius 1 is 1.57 bits per heavy atom. The molecule has 4 heteroatoms.